The van der Waals surface area contributed by atoms with E-state index < -0.39 is 6.36 Å². The van der Waals surface area contributed by atoms with Gasteiger partial charge in [-0.3, -0.25) is 4.79 Å². The van der Waals surface area contributed by atoms with Crippen LogP contribution in [0.1, 0.15) is 17.0 Å². The van der Waals surface area contributed by atoms with Crippen LogP contribution >= 0.6 is 11.8 Å². The Hall–Kier alpha value is -2.75. The second kappa shape index (κ2) is 6.87. The molecule has 0 saturated carbocycles. The van der Waals surface area contributed by atoms with Gasteiger partial charge in [-0.15, -0.1) is 13.2 Å². The van der Waals surface area contributed by atoms with E-state index in [4.69, 9.17) is 4.52 Å². The smallest absolute Gasteiger partial charge is 0.406 e. The minimum atomic E-state index is -4.76. The van der Waals surface area contributed by atoms with Crippen molar-refractivity contribution >= 4 is 34.6 Å². The van der Waals surface area contributed by atoms with Crippen molar-refractivity contribution in [3.05, 3.63) is 46.2 Å². The SMILES string of the molecule is Cc1noc(C)c1C=C1SC(=O)NC1=Nc1ccc(OC(F)(F)F)cc1. The van der Waals surface area contributed by atoms with E-state index in [2.05, 4.69) is 20.2 Å². The number of hydrogen-bond acceptors (Lipinski definition) is 6. The van der Waals surface area contributed by atoms with Gasteiger partial charge in [0.2, 0.25) is 0 Å². The lowest BCUT2D eigenvalue weighted by Crippen LogP contribution is -2.18. The highest BCUT2D eigenvalue weighted by Crippen LogP contribution is 2.31. The van der Waals surface area contributed by atoms with Crippen LogP contribution in [-0.4, -0.2) is 22.6 Å². The number of thioether (sulfide) groups is 1. The molecular weight excluding hydrogens is 371 g/mol. The van der Waals surface area contributed by atoms with Crippen LogP contribution in [0.4, 0.5) is 23.7 Å². The number of aromatic nitrogens is 1. The van der Waals surface area contributed by atoms with Crippen molar-refractivity contribution < 1.29 is 27.2 Å². The summed E-state index contributed by atoms with van der Waals surface area (Å²) in [5.74, 6) is 0.546. The van der Waals surface area contributed by atoms with E-state index >= 15 is 0 Å². The summed E-state index contributed by atoms with van der Waals surface area (Å²) < 4.78 is 45.5. The van der Waals surface area contributed by atoms with Crippen LogP contribution in [0, 0.1) is 13.8 Å². The first-order chi connectivity index (χ1) is 12.2. The Balaban J connectivity index is 1.88. The number of rotatable bonds is 3. The Morgan fingerprint density at radius 3 is 2.54 bits per heavy atom. The van der Waals surface area contributed by atoms with Gasteiger partial charge in [-0.1, -0.05) is 5.16 Å². The summed E-state index contributed by atoms with van der Waals surface area (Å²) in [6.45, 7) is 3.52. The fourth-order valence-corrected chi connectivity index (χ4v) is 2.91. The van der Waals surface area contributed by atoms with Gasteiger partial charge in [0.15, 0.2) is 0 Å². The maximum atomic E-state index is 12.2. The molecule has 1 aliphatic heterocycles. The normalized spacial score (nSPS) is 17.8. The Morgan fingerprint density at radius 1 is 1.27 bits per heavy atom. The third-order valence-corrected chi connectivity index (χ3v) is 4.15. The number of alkyl halides is 3. The predicted molar refractivity (Wildman–Crippen MR) is 90.3 cm³/mol. The van der Waals surface area contributed by atoms with Crippen molar-refractivity contribution in [2.24, 2.45) is 4.99 Å². The van der Waals surface area contributed by atoms with Crippen molar-refractivity contribution in [1.82, 2.24) is 10.5 Å². The average Bonchev–Trinajstić information content (AvgIpc) is 3.04. The van der Waals surface area contributed by atoms with Gasteiger partial charge in [-0.05, 0) is 56.0 Å². The number of aliphatic imine (C=N–C) groups is 1. The zero-order chi connectivity index (χ0) is 18.9. The van der Waals surface area contributed by atoms with Crippen molar-refractivity contribution in [2.45, 2.75) is 20.2 Å². The Morgan fingerprint density at radius 2 is 1.96 bits per heavy atom. The molecule has 0 unspecified atom stereocenters. The number of ether oxygens (including phenoxy) is 1. The minimum Gasteiger partial charge on any atom is -0.406 e. The highest BCUT2D eigenvalue weighted by atomic mass is 32.2. The van der Waals surface area contributed by atoms with Gasteiger partial charge in [-0.25, -0.2) is 4.99 Å². The number of amidine groups is 1. The second-order valence-corrected chi connectivity index (χ2v) is 6.28. The molecule has 0 atom stereocenters. The average molecular weight is 383 g/mol. The molecular formula is C16H12F3N3O3S. The molecule has 0 spiro atoms. The van der Waals surface area contributed by atoms with Crippen LogP contribution in [0.25, 0.3) is 6.08 Å². The van der Waals surface area contributed by atoms with Gasteiger partial charge >= 0.3 is 6.36 Å². The molecule has 136 valence electrons. The number of hydrogen-bond donors (Lipinski definition) is 1. The molecule has 1 aromatic carbocycles. The van der Waals surface area contributed by atoms with Gasteiger partial charge < -0.3 is 14.6 Å². The van der Waals surface area contributed by atoms with Crippen LogP contribution in [0.3, 0.4) is 0 Å². The lowest BCUT2D eigenvalue weighted by atomic mass is 10.2. The molecule has 10 heteroatoms. The maximum absolute atomic E-state index is 12.2. The molecule has 1 aromatic heterocycles. The highest BCUT2D eigenvalue weighted by molar-refractivity contribution is 8.18. The number of halogens is 3. The van der Waals surface area contributed by atoms with Gasteiger partial charge in [0.25, 0.3) is 5.24 Å². The molecule has 3 rings (SSSR count). The second-order valence-electron chi connectivity index (χ2n) is 5.26. The van der Waals surface area contributed by atoms with Crippen molar-refractivity contribution in [1.29, 1.82) is 0 Å². The molecule has 1 fully saturated rings. The molecule has 2 heterocycles. The van der Waals surface area contributed by atoms with Crippen LogP contribution in [0.2, 0.25) is 0 Å². The maximum Gasteiger partial charge on any atom is 0.573 e. The Bertz CT molecular complexity index is 882. The van der Waals surface area contributed by atoms with E-state index in [0.29, 0.717) is 27.9 Å². The molecule has 1 amide bonds. The molecule has 2 aromatic rings. The van der Waals surface area contributed by atoms with E-state index in [9.17, 15) is 18.0 Å². The number of nitrogens with one attached hydrogen (secondary N) is 1. The summed E-state index contributed by atoms with van der Waals surface area (Å²) in [5, 5.41) is 6.14. The lowest BCUT2D eigenvalue weighted by Gasteiger charge is -2.08. The molecule has 0 radical (unpaired) electrons. The first-order valence-electron chi connectivity index (χ1n) is 7.29. The zero-order valence-corrected chi connectivity index (χ0v) is 14.4. The minimum absolute atomic E-state index is 0.296. The lowest BCUT2D eigenvalue weighted by molar-refractivity contribution is -0.274. The Kier molecular flexibility index (Phi) is 4.77. The van der Waals surface area contributed by atoms with Crippen LogP contribution in [0.5, 0.6) is 5.75 Å². The largest absolute Gasteiger partial charge is 0.573 e. The predicted octanol–water partition coefficient (Wildman–Crippen LogP) is 4.72. The third-order valence-electron chi connectivity index (χ3n) is 3.33. The van der Waals surface area contributed by atoms with E-state index in [1.165, 1.54) is 12.1 Å². The fourth-order valence-electron chi connectivity index (χ4n) is 2.19. The van der Waals surface area contributed by atoms with Gasteiger partial charge in [-0.2, -0.15) is 0 Å². The summed E-state index contributed by atoms with van der Waals surface area (Å²) in [4.78, 5) is 16.5. The number of aryl methyl sites for hydroxylation is 2. The summed E-state index contributed by atoms with van der Waals surface area (Å²) in [6.07, 6.45) is -3.03. The van der Waals surface area contributed by atoms with E-state index in [1.807, 2.05) is 0 Å². The van der Waals surface area contributed by atoms with Gasteiger partial charge in [0, 0.05) is 5.56 Å². The molecule has 1 aliphatic rings. The molecule has 26 heavy (non-hydrogen) atoms. The number of benzene rings is 1. The van der Waals surface area contributed by atoms with Crippen molar-refractivity contribution in [2.75, 3.05) is 0 Å². The van der Waals surface area contributed by atoms with Gasteiger partial charge in [0.1, 0.15) is 17.3 Å². The van der Waals surface area contributed by atoms with Gasteiger partial charge in [0.05, 0.1) is 16.3 Å². The first kappa shape index (κ1) is 18.1. The quantitative estimate of drug-likeness (QED) is 0.830. The van der Waals surface area contributed by atoms with Crippen molar-refractivity contribution in [3.63, 3.8) is 0 Å². The number of nitrogens with zero attached hydrogens (tertiary/aromatic N) is 2. The van der Waals surface area contributed by atoms with Crippen LogP contribution in [0.15, 0.2) is 38.7 Å². The van der Waals surface area contributed by atoms with Crippen LogP contribution in [-0.2, 0) is 0 Å². The molecule has 0 bridgehead atoms. The molecule has 6 nitrogen and oxygen atoms in total. The number of carbonyl (C=O) groups excluding carboxylic acids is 1. The fraction of sp³-hybridized carbons (Fsp3) is 0.188. The molecule has 0 aliphatic carbocycles. The standard InChI is InChI=1S/C16H12F3N3O3S/c1-8-12(9(2)25-22-8)7-13-14(21-15(23)26-13)20-10-3-5-11(6-4-10)24-16(17,18)19/h3-7H,1-2H3,(H,20,21,23). The van der Waals surface area contributed by atoms with E-state index in [1.54, 1.807) is 19.9 Å². The molecule has 1 N–H and O–H groups in total. The summed E-state index contributed by atoms with van der Waals surface area (Å²) in [5.41, 5.74) is 1.77. The summed E-state index contributed by atoms with van der Waals surface area (Å²) in [6, 6.07) is 5.01. The first-order valence-corrected chi connectivity index (χ1v) is 8.11. The summed E-state index contributed by atoms with van der Waals surface area (Å²) >= 11 is 0.957. The number of amides is 1. The van der Waals surface area contributed by atoms with Crippen LogP contribution < -0.4 is 10.1 Å². The monoisotopic (exact) mass is 383 g/mol. The topological polar surface area (TPSA) is 76.7 Å². The third kappa shape index (κ3) is 4.26. The Labute approximate surface area is 150 Å². The molecule has 1 saturated heterocycles. The highest BCUT2D eigenvalue weighted by Gasteiger charge is 2.31. The summed E-state index contributed by atoms with van der Waals surface area (Å²) in [7, 11) is 0. The van der Waals surface area contributed by atoms with E-state index in [0.717, 1.165) is 29.5 Å². The number of carbonyl (C=O) groups is 1. The van der Waals surface area contributed by atoms with E-state index in [-0.39, 0.29) is 11.0 Å². The zero-order valence-electron chi connectivity index (χ0n) is 13.5. The van der Waals surface area contributed by atoms with Crippen molar-refractivity contribution in [3.8, 4) is 5.75 Å².